The second-order valence-corrected chi connectivity index (χ2v) is 11.0. The Morgan fingerprint density at radius 1 is 1.22 bits per heavy atom. The average Bonchev–Trinajstić information content (AvgIpc) is 3.57. The van der Waals surface area contributed by atoms with E-state index >= 15 is 0 Å². The van der Waals surface area contributed by atoms with Gasteiger partial charge in [-0.3, -0.25) is 9.69 Å². The Balaban J connectivity index is 1.51. The van der Waals surface area contributed by atoms with Crippen LogP contribution in [-0.2, 0) is 30.2 Å². The number of carbonyl (C=O) groups excluding carboxylic acids is 2. The molecule has 4 aliphatic rings. The molecule has 1 N–H and O–H groups in total. The Morgan fingerprint density at radius 3 is 2.68 bits per heavy atom. The molecule has 37 heavy (non-hydrogen) atoms. The van der Waals surface area contributed by atoms with Crippen molar-refractivity contribution >= 4 is 11.9 Å². The largest absolute Gasteiger partial charge is 0.497 e. The summed E-state index contributed by atoms with van der Waals surface area (Å²) >= 11 is 0. The number of hydrogen-bond donors (Lipinski definition) is 1. The minimum atomic E-state index is -1.98. The summed E-state index contributed by atoms with van der Waals surface area (Å²) in [4.78, 5) is 28.2. The molecule has 1 fully saturated rings. The molecule has 202 valence electrons. The molecule has 9 nitrogen and oxygen atoms in total. The van der Waals surface area contributed by atoms with E-state index in [1.54, 1.807) is 7.11 Å². The third-order valence-corrected chi connectivity index (χ3v) is 8.44. The summed E-state index contributed by atoms with van der Waals surface area (Å²) < 4.78 is 28.1. The van der Waals surface area contributed by atoms with Crippen LogP contribution in [0.3, 0.4) is 0 Å². The van der Waals surface area contributed by atoms with Gasteiger partial charge in [-0.25, -0.2) is 4.79 Å². The summed E-state index contributed by atoms with van der Waals surface area (Å²) in [5.41, 5.74) is -0.236. The Hall–Kier alpha value is -2.78. The predicted octanol–water partition coefficient (Wildman–Crippen LogP) is 3.08. The molecule has 0 saturated carbocycles. The van der Waals surface area contributed by atoms with Crippen molar-refractivity contribution in [3.63, 3.8) is 0 Å². The maximum absolute atomic E-state index is 13.7. The molecule has 0 amide bonds. The molecule has 1 unspecified atom stereocenters. The highest BCUT2D eigenvalue weighted by molar-refractivity contribution is 5.86. The Morgan fingerprint density at radius 2 is 1.97 bits per heavy atom. The number of carbonyl (C=O) groups is 2. The summed E-state index contributed by atoms with van der Waals surface area (Å²) in [5.74, 6) is 0.689. The van der Waals surface area contributed by atoms with Crippen LogP contribution in [-0.4, -0.2) is 73.3 Å². The first kappa shape index (κ1) is 25.9. The Bertz CT molecular complexity index is 1100. The molecule has 5 rings (SSSR count). The molecule has 1 aromatic carbocycles. The zero-order chi connectivity index (χ0) is 26.4. The van der Waals surface area contributed by atoms with Crippen LogP contribution in [0.4, 0.5) is 0 Å². The lowest BCUT2D eigenvalue weighted by atomic mass is 9.77. The standard InChI is InChI=1S/C28H37NO8/c1-17(2)6-9-27(32,15-24(30)34-4)26(31)37-25-23(33-3)14-20-19-13-22-21(35-16-36-22)12-18(19)7-11-29-10-5-8-28(20,25)29/h12-14,17,20,25,32H,5-11,15-16H2,1-4H3/t20-,25?,27+,28+/m0/s1. The number of esters is 2. The summed E-state index contributed by atoms with van der Waals surface area (Å²) in [7, 11) is 2.82. The van der Waals surface area contributed by atoms with Gasteiger partial charge in [-0.2, -0.15) is 0 Å². The van der Waals surface area contributed by atoms with Crippen molar-refractivity contribution in [1.29, 1.82) is 0 Å². The summed E-state index contributed by atoms with van der Waals surface area (Å²) in [6.45, 7) is 5.87. The average molecular weight is 516 g/mol. The molecule has 3 aliphatic heterocycles. The van der Waals surface area contributed by atoms with Gasteiger partial charge in [-0.05, 0) is 73.9 Å². The molecule has 3 heterocycles. The van der Waals surface area contributed by atoms with Gasteiger partial charge in [0, 0.05) is 12.5 Å². The van der Waals surface area contributed by atoms with E-state index in [9.17, 15) is 14.7 Å². The normalized spacial score (nSPS) is 27.5. The molecule has 4 atom stereocenters. The second kappa shape index (κ2) is 9.83. The minimum Gasteiger partial charge on any atom is -0.497 e. The molecule has 0 bridgehead atoms. The molecule has 0 radical (unpaired) electrons. The number of benzene rings is 1. The minimum absolute atomic E-state index is 0.0980. The van der Waals surface area contributed by atoms with Crippen LogP contribution in [0.25, 0.3) is 0 Å². The van der Waals surface area contributed by atoms with Crippen molar-refractivity contribution in [2.75, 3.05) is 34.1 Å². The SMILES string of the molecule is COC(=O)C[C@](O)(CCC(C)C)C(=O)OC1C(OC)=C[C@H]2c3cc4c(cc3CCN3CCC[C@]123)OCO4. The summed E-state index contributed by atoms with van der Waals surface area (Å²) in [6, 6.07) is 4.12. The van der Waals surface area contributed by atoms with Gasteiger partial charge >= 0.3 is 11.9 Å². The van der Waals surface area contributed by atoms with E-state index in [0.29, 0.717) is 17.9 Å². The lowest BCUT2D eigenvalue weighted by molar-refractivity contribution is -0.183. The molecule has 1 aromatic rings. The van der Waals surface area contributed by atoms with E-state index in [0.717, 1.165) is 43.7 Å². The Labute approximate surface area is 217 Å². The molecule has 9 heteroatoms. The van der Waals surface area contributed by atoms with Crippen LogP contribution >= 0.6 is 0 Å². The van der Waals surface area contributed by atoms with E-state index in [1.165, 1.54) is 12.7 Å². The van der Waals surface area contributed by atoms with Crippen molar-refractivity contribution in [2.24, 2.45) is 5.92 Å². The number of hydrogen-bond acceptors (Lipinski definition) is 9. The van der Waals surface area contributed by atoms with Gasteiger partial charge in [0.25, 0.3) is 0 Å². The highest BCUT2D eigenvalue weighted by atomic mass is 16.7. The number of methoxy groups -OCH3 is 2. The quantitative estimate of drug-likeness (QED) is 0.523. The second-order valence-electron chi connectivity index (χ2n) is 11.0. The lowest BCUT2D eigenvalue weighted by Crippen LogP contribution is -2.57. The van der Waals surface area contributed by atoms with Crippen molar-refractivity contribution in [3.8, 4) is 11.5 Å². The van der Waals surface area contributed by atoms with Crippen LogP contribution in [0.5, 0.6) is 11.5 Å². The van der Waals surface area contributed by atoms with Crippen LogP contribution in [0.1, 0.15) is 63.0 Å². The van der Waals surface area contributed by atoms with Crippen LogP contribution in [0.15, 0.2) is 24.0 Å². The van der Waals surface area contributed by atoms with Gasteiger partial charge < -0.3 is 28.8 Å². The number of aliphatic hydroxyl groups is 1. The first-order valence-corrected chi connectivity index (χ1v) is 13.2. The van der Waals surface area contributed by atoms with E-state index in [1.807, 2.05) is 13.8 Å². The fourth-order valence-electron chi connectivity index (χ4n) is 6.47. The smallest absolute Gasteiger partial charge is 0.339 e. The van der Waals surface area contributed by atoms with Crippen LogP contribution < -0.4 is 9.47 Å². The van der Waals surface area contributed by atoms with E-state index in [-0.39, 0.29) is 25.0 Å². The molecule has 1 saturated heterocycles. The van der Waals surface area contributed by atoms with Gasteiger partial charge in [-0.1, -0.05) is 13.8 Å². The molecule has 1 spiro atoms. The van der Waals surface area contributed by atoms with Crippen molar-refractivity contribution in [3.05, 3.63) is 35.1 Å². The van der Waals surface area contributed by atoms with E-state index < -0.39 is 35.6 Å². The molecule has 1 aliphatic carbocycles. The topological polar surface area (TPSA) is 104 Å². The van der Waals surface area contributed by atoms with E-state index in [4.69, 9.17) is 23.7 Å². The monoisotopic (exact) mass is 515 g/mol. The summed E-state index contributed by atoms with van der Waals surface area (Å²) in [6.07, 6.45) is 4.11. The summed E-state index contributed by atoms with van der Waals surface area (Å²) in [5, 5.41) is 11.4. The predicted molar refractivity (Wildman–Crippen MR) is 133 cm³/mol. The van der Waals surface area contributed by atoms with Gasteiger partial charge in [0.2, 0.25) is 6.79 Å². The third kappa shape index (κ3) is 4.36. The maximum atomic E-state index is 13.7. The molecular weight excluding hydrogens is 478 g/mol. The maximum Gasteiger partial charge on any atom is 0.339 e. The molecular formula is C28H37NO8. The fraction of sp³-hybridized carbons (Fsp3) is 0.643. The number of fused-ring (bicyclic) bond motifs is 3. The zero-order valence-corrected chi connectivity index (χ0v) is 22.1. The third-order valence-electron chi connectivity index (χ3n) is 8.44. The number of rotatable bonds is 8. The number of ether oxygens (including phenoxy) is 5. The van der Waals surface area contributed by atoms with Gasteiger partial charge in [0.15, 0.2) is 23.2 Å². The van der Waals surface area contributed by atoms with Crippen molar-refractivity contribution < 1.29 is 38.4 Å². The highest BCUT2D eigenvalue weighted by Gasteiger charge is 2.61. The Kier molecular flexibility index (Phi) is 6.87. The van der Waals surface area contributed by atoms with Gasteiger partial charge in [0.05, 0.1) is 26.2 Å². The first-order chi connectivity index (χ1) is 17.7. The van der Waals surface area contributed by atoms with Gasteiger partial charge in [-0.15, -0.1) is 0 Å². The van der Waals surface area contributed by atoms with Crippen LogP contribution in [0, 0.1) is 5.92 Å². The highest BCUT2D eigenvalue weighted by Crippen LogP contribution is 2.56. The fourth-order valence-corrected chi connectivity index (χ4v) is 6.47. The lowest BCUT2D eigenvalue weighted by Gasteiger charge is -2.43. The first-order valence-electron chi connectivity index (χ1n) is 13.2. The van der Waals surface area contributed by atoms with E-state index in [2.05, 4.69) is 23.1 Å². The van der Waals surface area contributed by atoms with Gasteiger partial charge in [0.1, 0.15) is 5.76 Å². The number of nitrogens with zero attached hydrogens (tertiary/aromatic N) is 1. The zero-order valence-electron chi connectivity index (χ0n) is 22.1. The molecule has 0 aromatic heterocycles. The van der Waals surface area contributed by atoms with Crippen LogP contribution in [0.2, 0.25) is 0 Å². The van der Waals surface area contributed by atoms with Crippen molar-refractivity contribution in [1.82, 2.24) is 4.90 Å². The van der Waals surface area contributed by atoms with Crippen molar-refractivity contribution in [2.45, 2.75) is 75.5 Å².